The van der Waals surface area contributed by atoms with Crippen LogP contribution in [0.1, 0.15) is 21.5 Å². The van der Waals surface area contributed by atoms with Crippen LogP contribution in [0, 0.1) is 10.1 Å². The van der Waals surface area contributed by atoms with Crippen LogP contribution in [0.3, 0.4) is 0 Å². The molecule has 0 aliphatic rings. The Morgan fingerprint density at radius 1 is 1.10 bits per heavy atom. The number of esters is 1. The standard InChI is InChI=1S/C16H13NO4/c1-21-16(18)14-11-13(9-10-15(14)17(19)20)8-7-12-5-3-2-4-6-12/h2-11H,1H3. The zero-order valence-electron chi connectivity index (χ0n) is 11.4. The van der Waals surface area contributed by atoms with E-state index in [0.717, 1.165) is 5.56 Å². The number of carbonyl (C=O) groups excluding carboxylic acids is 1. The molecule has 0 N–H and O–H groups in total. The lowest BCUT2D eigenvalue weighted by Crippen LogP contribution is -2.05. The number of hydrogen-bond donors (Lipinski definition) is 0. The molecule has 0 amide bonds. The quantitative estimate of drug-likeness (QED) is 0.372. The Kier molecular flexibility index (Phi) is 4.46. The van der Waals surface area contributed by atoms with Gasteiger partial charge in [-0.25, -0.2) is 4.79 Å². The van der Waals surface area contributed by atoms with E-state index in [-0.39, 0.29) is 11.3 Å². The van der Waals surface area contributed by atoms with Crippen LogP contribution in [0.2, 0.25) is 0 Å². The molecule has 0 bridgehead atoms. The van der Waals surface area contributed by atoms with Crippen LogP contribution in [-0.4, -0.2) is 18.0 Å². The van der Waals surface area contributed by atoms with Crippen LogP contribution in [0.4, 0.5) is 5.69 Å². The Balaban J connectivity index is 2.36. The summed E-state index contributed by atoms with van der Waals surface area (Å²) in [5.74, 6) is -0.725. The molecule has 0 saturated heterocycles. The van der Waals surface area contributed by atoms with Crippen molar-refractivity contribution in [2.45, 2.75) is 0 Å². The van der Waals surface area contributed by atoms with Crippen LogP contribution in [0.25, 0.3) is 12.2 Å². The van der Waals surface area contributed by atoms with Crippen molar-refractivity contribution >= 4 is 23.8 Å². The van der Waals surface area contributed by atoms with Gasteiger partial charge >= 0.3 is 5.97 Å². The molecule has 0 aromatic heterocycles. The van der Waals surface area contributed by atoms with Gasteiger partial charge in [-0.15, -0.1) is 0 Å². The zero-order valence-corrected chi connectivity index (χ0v) is 11.4. The fourth-order valence-electron chi connectivity index (χ4n) is 1.85. The van der Waals surface area contributed by atoms with Gasteiger partial charge in [-0.05, 0) is 23.3 Å². The number of nitro benzene ring substituents is 1. The molecule has 2 rings (SSSR count). The Morgan fingerprint density at radius 2 is 1.76 bits per heavy atom. The smallest absolute Gasteiger partial charge is 0.344 e. The summed E-state index contributed by atoms with van der Waals surface area (Å²) in [5.41, 5.74) is 1.36. The number of carbonyl (C=O) groups is 1. The maximum absolute atomic E-state index is 11.6. The summed E-state index contributed by atoms with van der Waals surface area (Å²) < 4.78 is 4.58. The molecule has 2 aromatic carbocycles. The van der Waals surface area contributed by atoms with E-state index in [2.05, 4.69) is 4.74 Å². The number of nitrogens with zero attached hydrogens (tertiary/aromatic N) is 1. The molecule has 0 heterocycles. The average Bonchev–Trinajstić information content (AvgIpc) is 2.52. The average molecular weight is 283 g/mol. The van der Waals surface area contributed by atoms with Crippen molar-refractivity contribution in [3.8, 4) is 0 Å². The van der Waals surface area contributed by atoms with E-state index in [1.807, 2.05) is 36.4 Å². The number of rotatable bonds is 4. The minimum Gasteiger partial charge on any atom is -0.465 e. The van der Waals surface area contributed by atoms with Crippen molar-refractivity contribution in [3.63, 3.8) is 0 Å². The third kappa shape index (κ3) is 3.54. The first kappa shape index (κ1) is 14.5. The molecule has 0 fully saturated rings. The Labute approximate surface area is 121 Å². The van der Waals surface area contributed by atoms with E-state index in [4.69, 9.17) is 0 Å². The zero-order chi connectivity index (χ0) is 15.2. The monoisotopic (exact) mass is 283 g/mol. The second kappa shape index (κ2) is 6.47. The Morgan fingerprint density at radius 3 is 2.38 bits per heavy atom. The van der Waals surface area contributed by atoms with Crippen LogP contribution in [0.5, 0.6) is 0 Å². The van der Waals surface area contributed by atoms with E-state index in [9.17, 15) is 14.9 Å². The van der Waals surface area contributed by atoms with Crippen LogP contribution >= 0.6 is 0 Å². The maximum Gasteiger partial charge on any atom is 0.344 e. The molecule has 106 valence electrons. The van der Waals surface area contributed by atoms with Gasteiger partial charge in [0.1, 0.15) is 5.56 Å². The number of benzene rings is 2. The molecule has 0 aliphatic heterocycles. The fourth-order valence-corrected chi connectivity index (χ4v) is 1.85. The van der Waals surface area contributed by atoms with Gasteiger partial charge in [-0.3, -0.25) is 10.1 Å². The molecule has 0 aliphatic carbocycles. The van der Waals surface area contributed by atoms with Gasteiger partial charge in [-0.2, -0.15) is 0 Å². The molecule has 21 heavy (non-hydrogen) atoms. The van der Waals surface area contributed by atoms with Gasteiger partial charge in [0.2, 0.25) is 0 Å². The van der Waals surface area contributed by atoms with Crippen molar-refractivity contribution < 1.29 is 14.5 Å². The molecule has 5 nitrogen and oxygen atoms in total. The first-order valence-electron chi connectivity index (χ1n) is 6.21. The summed E-state index contributed by atoms with van der Waals surface area (Å²) in [6, 6.07) is 13.9. The lowest BCUT2D eigenvalue weighted by Gasteiger charge is -2.02. The lowest BCUT2D eigenvalue weighted by atomic mass is 10.1. The van der Waals surface area contributed by atoms with E-state index < -0.39 is 10.9 Å². The summed E-state index contributed by atoms with van der Waals surface area (Å²) in [5, 5.41) is 10.9. The van der Waals surface area contributed by atoms with Gasteiger partial charge in [0.05, 0.1) is 12.0 Å². The molecule has 0 radical (unpaired) electrons. The normalized spacial score (nSPS) is 10.5. The SMILES string of the molecule is COC(=O)c1cc(C=Cc2ccccc2)ccc1[N+](=O)[O-]. The van der Waals surface area contributed by atoms with Crippen molar-refractivity contribution in [2.75, 3.05) is 7.11 Å². The highest BCUT2D eigenvalue weighted by atomic mass is 16.6. The minimum atomic E-state index is -0.725. The number of methoxy groups -OCH3 is 1. The first-order valence-corrected chi connectivity index (χ1v) is 6.21. The van der Waals surface area contributed by atoms with Crippen molar-refractivity contribution in [1.82, 2.24) is 0 Å². The molecular formula is C16H13NO4. The summed E-state index contributed by atoms with van der Waals surface area (Å²) in [6.07, 6.45) is 3.65. The number of hydrogen-bond acceptors (Lipinski definition) is 4. The van der Waals surface area contributed by atoms with Gasteiger partial charge in [-0.1, -0.05) is 42.5 Å². The maximum atomic E-state index is 11.6. The predicted octanol–water partition coefficient (Wildman–Crippen LogP) is 3.55. The van der Waals surface area contributed by atoms with E-state index in [1.54, 1.807) is 12.1 Å². The molecule has 0 saturated carbocycles. The summed E-state index contributed by atoms with van der Waals surface area (Å²) in [7, 11) is 1.19. The second-order valence-electron chi connectivity index (χ2n) is 4.27. The fraction of sp³-hybridized carbons (Fsp3) is 0.0625. The molecule has 0 spiro atoms. The van der Waals surface area contributed by atoms with Gasteiger partial charge in [0.25, 0.3) is 5.69 Å². The van der Waals surface area contributed by atoms with Crippen molar-refractivity contribution in [2.24, 2.45) is 0 Å². The van der Waals surface area contributed by atoms with Gasteiger partial charge in [0.15, 0.2) is 0 Å². The second-order valence-corrected chi connectivity index (χ2v) is 4.27. The molecule has 0 atom stereocenters. The van der Waals surface area contributed by atoms with Gasteiger partial charge in [0, 0.05) is 6.07 Å². The Bertz CT molecular complexity index is 693. The largest absolute Gasteiger partial charge is 0.465 e. The predicted molar refractivity (Wildman–Crippen MR) is 79.8 cm³/mol. The lowest BCUT2D eigenvalue weighted by molar-refractivity contribution is -0.385. The highest BCUT2D eigenvalue weighted by molar-refractivity contribution is 5.94. The first-order chi connectivity index (χ1) is 10.1. The van der Waals surface area contributed by atoms with Crippen molar-refractivity contribution in [3.05, 3.63) is 75.3 Å². The third-order valence-corrected chi connectivity index (χ3v) is 2.89. The summed E-state index contributed by atoms with van der Waals surface area (Å²) in [6.45, 7) is 0. The van der Waals surface area contributed by atoms with Gasteiger partial charge < -0.3 is 4.74 Å². The minimum absolute atomic E-state index is 0.0577. The third-order valence-electron chi connectivity index (χ3n) is 2.89. The molecular weight excluding hydrogens is 270 g/mol. The van der Waals surface area contributed by atoms with Crippen LogP contribution < -0.4 is 0 Å². The summed E-state index contributed by atoms with van der Waals surface area (Å²) in [4.78, 5) is 21.9. The molecule has 5 heteroatoms. The molecule has 2 aromatic rings. The summed E-state index contributed by atoms with van der Waals surface area (Å²) >= 11 is 0. The molecule has 0 unspecified atom stereocenters. The number of ether oxygens (including phenoxy) is 1. The number of nitro groups is 1. The topological polar surface area (TPSA) is 69.4 Å². The Hall–Kier alpha value is -2.95. The van der Waals surface area contributed by atoms with Crippen LogP contribution in [-0.2, 0) is 4.74 Å². The van der Waals surface area contributed by atoms with E-state index in [0.29, 0.717) is 5.56 Å². The van der Waals surface area contributed by atoms with Crippen LogP contribution in [0.15, 0.2) is 48.5 Å². The van der Waals surface area contributed by atoms with E-state index in [1.165, 1.54) is 19.2 Å². The van der Waals surface area contributed by atoms with E-state index >= 15 is 0 Å². The van der Waals surface area contributed by atoms with Crippen molar-refractivity contribution in [1.29, 1.82) is 0 Å². The highest BCUT2D eigenvalue weighted by Crippen LogP contribution is 2.22. The highest BCUT2D eigenvalue weighted by Gasteiger charge is 2.20.